The van der Waals surface area contributed by atoms with Crippen molar-refractivity contribution in [2.75, 3.05) is 10.7 Å². The molecule has 0 aliphatic carbocycles. The van der Waals surface area contributed by atoms with Gasteiger partial charge in [-0.2, -0.15) is 10.1 Å². The SMILES string of the molecule is O=[N+]([O-])c1cc(/C=N\Nc2nc3nonc3nc2Nc2ccc(I)cc2)c(Cl)cc1Cl. The fourth-order valence-electron chi connectivity index (χ4n) is 2.43. The topological polar surface area (TPSA) is 144 Å². The molecule has 0 bridgehead atoms. The maximum absolute atomic E-state index is 11.1. The molecule has 11 nitrogen and oxygen atoms in total. The zero-order valence-corrected chi connectivity index (χ0v) is 18.8. The summed E-state index contributed by atoms with van der Waals surface area (Å²) in [6.45, 7) is 0. The minimum Gasteiger partial charge on any atom is -0.337 e. The van der Waals surface area contributed by atoms with E-state index >= 15 is 0 Å². The van der Waals surface area contributed by atoms with Crippen molar-refractivity contribution < 1.29 is 9.55 Å². The predicted octanol–water partition coefficient (Wildman–Crippen LogP) is 5.02. The van der Waals surface area contributed by atoms with E-state index in [-0.39, 0.29) is 38.4 Å². The summed E-state index contributed by atoms with van der Waals surface area (Å²) in [4.78, 5) is 19.1. The van der Waals surface area contributed by atoms with Crippen LogP contribution >= 0.6 is 45.8 Å². The predicted molar refractivity (Wildman–Crippen MR) is 124 cm³/mol. The van der Waals surface area contributed by atoms with Crippen molar-refractivity contribution in [3.63, 3.8) is 0 Å². The van der Waals surface area contributed by atoms with Crippen LogP contribution in [0.4, 0.5) is 23.0 Å². The van der Waals surface area contributed by atoms with E-state index in [2.05, 4.69) is 63.3 Å². The van der Waals surface area contributed by atoms with Gasteiger partial charge in [-0.3, -0.25) is 15.5 Å². The molecule has 4 rings (SSSR count). The largest absolute Gasteiger partial charge is 0.337 e. The number of nitro groups is 1. The van der Waals surface area contributed by atoms with E-state index in [9.17, 15) is 10.1 Å². The van der Waals surface area contributed by atoms with Crippen LogP contribution in [0.1, 0.15) is 5.56 Å². The molecule has 0 aliphatic heterocycles. The lowest BCUT2D eigenvalue weighted by Gasteiger charge is -2.09. The van der Waals surface area contributed by atoms with Gasteiger partial charge in [-0.05, 0) is 63.2 Å². The molecule has 0 spiro atoms. The lowest BCUT2D eigenvalue weighted by molar-refractivity contribution is -0.384. The first-order chi connectivity index (χ1) is 14.9. The second-order valence-corrected chi connectivity index (χ2v) is 7.98. The van der Waals surface area contributed by atoms with E-state index in [1.54, 1.807) is 0 Å². The normalized spacial score (nSPS) is 11.2. The van der Waals surface area contributed by atoms with E-state index < -0.39 is 4.92 Å². The number of rotatable bonds is 6. The highest BCUT2D eigenvalue weighted by atomic mass is 127. The van der Waals surface area contributed by atoms with Crippen LogP contribution in [-0.4, -0.2) is 31.4 Å². The number of benzene rings is 2. The second kappa shape index (κ2) is 8.95. The summed E-state index contributed by atoms with van der Waals surface area (Å²) in [6, 6.07) is 10.1. The third kappa shape index (κ3) is 4.81. The van der Waals surface area contributed by atoms with Crippen molar-refractivity contribution in [1.82, 2.24) is 20.3 Å². The third-order valence-corrected chi connectivity index (χ3v) is 5.21. The molecular weight excluding hydrogens is 562 g/mol. The van der Waals surface area contributed by atoms with Crippen LogP contribution in [0, 0.1) is 13.7 Å². The molecule has 0 amide bonds. The van der Waals surface area contributed by atoms with Gasteiger partial charge in [-0.15, -0.1) is 0 Å². The number of anilines is 3. The molecular formula is C17H9Cl2IN8O3. The minimum absolute atomic E-state index is 0.0704. The standard InChI is InChI=1S/C17H9Cl2IN8O3/c18-11-6-12(19)13(28(29)30)5-8(11)7-21-25-15-14(22-10-3-1-9(20)2-4-10)23-16-17(24-15)27-31-26-16/h1-7H,(H,22,23,26)(H,24,25,27)/b21-7-. The molecule has 0 fully saturated rings. The molecule has 0 radical (unpaired) electrons. The smallest absolute Gasteiger partial charge is 0.288 e. The Bertz CT molecular complexity index is 1310. The summed E-state index contributed by atoms with van der Waals surface area (Å²) in [5.41, 5.74) is 3.86. The molecule has 4 aromatic rings. The molecule has 0 atom stereocenters. The fourth-order valence-corrected chi connectivity index (χ4v) is 3.29. The van der Waals surface area contributed by atoms with E-state index in [4.69, 9.17) is 23.2 Å². The van der Waals surface area contributed by atoms with Crippen LogP contribution in [0.25, 0.3) is 11.3 Å². The van der Waals surface area contributed by atoms with Crippen LogP contribution in [0.5, 0.6) is 0 Å². The van der Waals surface area contributed by atoms with Crippen molar-refractivity contribution >= 4 is 86.3 Å². The lowest BCUT2D eigenvalue weighted by atomic mass is 10.2. The number of fused-ring (bicyclic) bond motifs is 1. The fraction of sp³-hybridized carbons (Fsp3) is 0. The van der Waals surface area contributed by atoms with Crippen LogP contribution in [-0.2, 0) is 0 Å². The number of hydrogen-bond acceptors (Lipinski definition) is 10. The van der Waals surface area contributed by atoms with Gasteiger partial charge in [0.1, 0.15) is 5.02 Å². The minimum atomic E-state index is -0.608. The first-order valence-electron chi connectivity index (χ1n) is 8.36. The highest BCUT2D eigenvalue weighted by molar-refractivity contribution is 14.1. The van der Waals surface area contributed by atoms with Crippen LogP contribution in [0.15, 0.2) is 46.1 Å². The Balaban J connectivity index is 1.64. The molecule has 0 unspecified atom stereocenters. The molecule has 156 valence electrons. The van der Waals surface area contributed by atoms with Crippen molar-refractivity contribution in [3.8, 4) is 0 Å². The van der Waals surface area contributed by atoms with Gasteiger partial charge in [-0.1, -0.05) is 23.2 Å². The number of nitro benzene ring substituents is 1. The van der Waals surface area contributed by atoms with Crippen LogP contribution in [0.3, 0.4) is 0 Å². The maximum atomic E-state index is 11.1. The van der Waals surface area contributed by atoms with Gasteiger partial charge >= 0.3 is 0 Å². The maximum Gasteiger partial charge on any atom is 0.288 e. The Morgan fingerprint density at radius 2 is 1.74 bits per heavy atom. The highest BCUT2D eigenvalue weighted by Gasteiger charge is 2.16. The number of hydrazone groups is 1. The Morgan fingerprint density at radius 1 is 1.06 bits per heavy atom. The molecule has 2 aromatic carbocycles. The van der Waals surface area contributed by atoms with Gasteiger partial charge in [-0.25, -0.2) is 9.61 Å². The van der Waals surface area contributed by atoms with E-state index in [1.807, 2.05) is 24.3 Å². The van der Waals surface area contributed by atoms with Gasteiger partial charge in [0, 0.05) is 20.9 Å². The number of halogens is 3. The molecule has 2 N–H and O–H groups in total. The summed E-state index contributed by atoms with van der Waals surface area (Å²) < 4.78 is 5.73. The molecule has 31 heavy (non-hydrogen) atoms. The van der Waals surface area contributed by atoms with E-state index in [0.29, 0.717) is 5.82 Å². The van der Waals surface area contributed by atoms with Gasteiger partial charge in [0.2, 0.25) is 11.3 Å². The number of hydrogen-bond donors (Lipinski definition) is 2. The Morgan fingerprint density at radius 3 is 2.42 bits per heavy atom. The number of nitrogens with one attached hydrogen (secondary N) is 2. The molecule has 2 aromatic heterocycles. The van der Waals surface area contributed by atoms with Crippen molar-refractivity contribution in [3.05, 3.63) is 65.7 Å². The van der Waals surface area contributed by atoms with Crippen molar-refractivity contribution in [2.24, 2.45) is 5.10 Å². The zero-order valence-electron chi connectivity index (χ0n) is 15.1. The first kappa shape index (κ1) is 21.1. The van der Waals surface area contributed by atoms with E-state index in [1.165, 1.54) is 18.3 Å². The lowest BCUT2D eigenvalue weighted by Crippen LogP contribution is -2.03. The second-order valence-electron chi connectivity index (χ2n) is 5.92. The first-order valence-corrected chi connectivity index (χ1v) is 10.2. The Labute approximate surface area is 197 Å². The summed E-state index contributed by atoms with van der Waals surface area (Å²) in [7, 11) is 0. The molecule has 2 heterocycles. The molecule has 14 heteroatoms. The highest BCUT2D eigenvalue weighted by Crippen LogP contribution is 2.30. The van der Waals surface area contributed by atoms with Gasteiger partial charge in [0.15, 0.2) is 11.6 Å². The van der Waals surface area contributed by atoms with Gasteiger partial charge < -0.3 is 5.32 Å². The monoisotopic (exact) mass is 570 g/mol. The summed E-state index contributed by atoms with van der Waals surface area (Å²) >= 11 is 14.1. The average Bonchev–Trinajstić information content (AvgIpc) is 3.18. The van der Waals surface area contributed by atoms with Crippen LogP contribution in [0.2, 0.25) is 10.0 Å². The Kier molecular flexibility index (Phi) is 6.11. The molecule has 0 aliphatic rings. The van der Waals surface area contributed by atoms with Gasteiger partial charge in [0.05, 0.1) is 16.2 Å². The van der Waals surface area contributed by atoms with Crippen molar-refractivity contribution in [2.45, 2.75) is 0 Å². The molecule has 0 saturated carbocycles. The zero-order chi connectivity index (χ0) is 22.0. The molecule has 0 saturated heterocycles. The number of nitrogens with zero attached hydrogens (tertiary/aromatic N) is 6. The quantitative estimate of drug-likeness (QED) is 0.141. The summed E-state index contributed by atoms with van der Waals surface area (Å²) in [5.74, 6) is 0.535. The van der Waals surface area contributed by atoms with Crippen LogP contribution < -0.4 is 10.7 Å². The van der Waals surface area contributed by atoms with E-state index in [0.717, 1.165) is 9.26 Å². The van der Waals surface area contributed by atoms with Gasteiger partial charge in [0.25, 0.3) is 5.69 Å². The number of aromatic nitrogens is 4. The summed E-state index contributed by atoms with van der Waals surface area (Å²) in [6.07, 6.45) is 1.30. The average molecular weight is 571 g/mol. The van der Waals surface area contributed by atoms with Crippen molar-refractivity contribution in [1.29, 1.82) is 0 Å². The Hall–Kier alpha value is -3.10. The summed E-state index contributed by atoms with van der Waals surface area (Å²) in [5, 5.41) is 25.8. The third-order valence-electron chi connectivity index (χ3n) is 3.86.